The lowest BCUT2D eigenvalue weighted by molar-refractivity contribution is 0.0699. The van der Waals surface area contributed by atoms with Gasteiger partial charge in [0.2, 0.25) is 0 Å². The summed E-state index contributed by atoms with van der Waals surface area (Å²) >= 11 is 5.38. The number of aromatic carboxylic acids is 1. The Morgan fingerprint density at radius 1 is 1.24 bits per heavy atom. The van der Waals surface area contributed by atoms with Gasteiger partial charge in [-0.1, -0.05) is 12.1 Å². The monoisotopic (exact) mass is 407 g/mol. The topological polar surface area (TPSA) is 106 Å². The minimum atomic E-state index is -1.23. The highest BCUT2D eigenvalue weighted by Gasteiger charge is 2.20. The average molecular weight is 407 g/mol. The minimum Gasteiger partial charge on any atom is -0.478 e. The van der Waals surface area contributed by atoms with Crippen molar-refractivity contribution in [2.75, 3.05) is 0 Å². The Hall–Kier alpha value is -3.59. The van der Waals surface area contributed by atoms with Crippen LogP contribution < -0.4 is 5.56 Å². The Balaban J connectivity index is 2.15. The molecule has 0 radical (unpaired) electrons. The second-order valence-electron chi connectivity index (χ2n) is 6.55. The van der Waals surface area contributed by atoms with Gasteiger partial charge >= 0.3 is 5.97 Å². The summed E-state index contributed by atoms with van der Waals surface area (Å²) < 4.78 is 3.42. The fraction of sp³-hybridized carbons (Fsp3) is 0.150. The molecule has 0 saturated carbocycles. The van der Waals surface area contributed by atoms with Crippen LogP contribution in [0.1, 0.15) is 22.8 Å². The molecule has 3 aromatic heterocycles. The molecule has 0 saturated heterocycles. The van der Waals surface area contributed by atoms with E-state index in [1.807, 2.05) is 38.1 Å². The number of carboxylic acids is 1. The molecule has 0 fully saturated rings. The molecule has 0 aliphatic rings. The molecule has 4 rings (SSSR count). The summed E-state index contributed by atoms with van der Waals surface area (Å²) in [7, 11) is 0. The molecule has 29 heavy (non-hydrogen) atoms. The lowest BCUT2D eigenvalue weighted by Gasteiger charge is -2.13. The molecule has 0 amide bonds. The number of H-pyrrole nitrogens is 1. The predicted molar refractivity (Wildman–Crippen MR) is 111 cm³/mol. The molecule has 0 atom stereocenters. The maximum absolute atomic E-state index is 12.6. The van der Waals surface area contributed by atoms with Crippen LogP contribution in [-0.4, -0.2) is 35.4 Å². The Labute approximate surface area is 170 Å². The van der Waals surface area contributed by atoms with Gasteiger partial charge in [0.15, 0.2) is 10.4 Å². The fourth-order valence-electron chi connectivity index (χ4n) is 3.21. The third-order valence-electron chi connectivity index (χ3n) is 4.58. The van der Waals surface area contributed by atoms with Crippen LogP contribution >= 0.6 is 12.2 Å². The third kappa shape index (κ3) is 3.25. The molecule has 146 valence electrons. The van der Waals surface area contributed by atoms with Gasteiger partial charge in [0.1, 0.15) is 5.69 Å². The average Bonchev–Trinajstić information content (AvgIpc) is 3.16. The van der Waals surface area contributed by atoms with Crippen LogP contribution in [0.3, 0.4) is 0 Å². The molecule has 4 aromatic rings. The Morgan fingerprint density at radius 3 is 2.69 bits per heavy atom. The first kappa shape index (κ1) is 18.8. The van der Waals surface area contributed by atoms with Crippen LogP contribution in [0.2, 0.25) is 0 Å². The molecule has 2 N–H and O–H groups in total. The number of fused-ring (bicyclic) bond motifs is 1. The maximum Gasteiger partial charge on any atom is 0.336 e. The van der Waals surface area contributed by atoms with Gasteiger partial charge in [-0.15, -0.1) is 0 Å². The van der Waals surface area contributed by atoms with E-state index in [9.17, 15) is 14.7 Å². The lowest BCUT2D eigenvalue weighted by Crippen LogP contribution is -2.18. The van der Waals surface area contributed by atoms with E-state index < -0.39 is 11.5 Å². The number of hydrogen-bond donors (Lipinski definition) is 2. The standard InChI is InChI=1S/C20H17N5O3S/c1-3-24-8-7-14(23-24)15-10-13(19(27)28)16-17(21-15)25(20(29)22-18(16)26)12-6-4-5-11(2)9-12/h4-10H,3H2,1-2H3,(H,27,28)(H,22,26,29). The van der Waals surface area contributed by atoms with Crippen LogP contribution in [0, 0.1) is 11.7 Å². The number of aromatic nitrogens is 5. The van der Waals surface area contributed by atoms with Crippen LogP contribution in [0.25, 0.3) is 28.1 Å². The quantitative estimate of drug-likeness (QED) is 0.503. The summed E-state index contributed by atoms with van der Waals surface area (Å²) in [6, 6.07) is 10.6. The summed E-state index contributed by atoms with van der Waals surface area (Å²) in [6.45, 7) is 4.54. The Morgan fingerprint density at radius 2 is 2.03 bits per heavy atom. The van der Waals surface area contributed by atoms with Gasteiger partial charge in [-0.2, -0.15) is 5.10 Å². The van der Waals surface area contributed by atoms with Gasteiger partial charge in [0, 0.05) is 12.7 Å². The lowest BCUT2D eigenvalue weighted by atomic mass is 10.1. The summed E-state index contributed by atoms with van der Waals surface area (Å²) in [5.74, 6) is -1.23. The zero-order valence-electron chi connectivity index (χ0n) is 15.7. The molecule has 0 spiro atoms. The summed E-state index contributed by atoms with van der Waals surface area (Å²) in [4.78, 5) is 31.7. The van der Waals surface area contributed by atoms with E-state index in [1.165, 1.54) is 6.07 Å². The second kappa shape index (κ2) is 7.10. The largest absolute Gasteiger partial charge is 0.478 e. The number of pyridine rings is 1. The molecule has 0 bridgehead atoms. The van der Waals surface area contributed by atoms with E-state index in [0.29, 0.717) is 23.6 Å². The van der Waals surface area contributed by atoms with Crippen molar-refractivity contribution in [2.45, 2.75) is 20.4 Å². The van der Waals surface area contributed by atoms with Crippen molar-refractivity contribution in [3.05, 3.63) is 68.8 Å². The van der Waals surface area contributed by atoms with Crippen molar-refractivity contribution in [3.63, 3.8) is 0 Å². The molecular weight excluding hydrogens is 390 g/mol. The normalized spacial score (nSPS) is 11.1. The van der Waals surface area contributed by atoms with Crippen molar-refractivity contribution in [3.8, 4) is 17.1 Å². The SMILES string of the molecule is CCn1ccc(-c2cc(C(=O)O)c3c(=O)[nH]c(=S)n(-c4cccc(C)c4)c3n2)n1. The fourth-order valence-corrected chi connectivity index (χ4v) is 3.49. The molecule has 9 heteroatoms. The van der Waals surface area contributed by atoms with Crippen molar-refractivity contribution in [1.29, 1.82) is 0 Å². The predicted octanol–water partition coefficient (Wildman–Crippen LogP) is 3.33. The minimum absolute atomic E-state index is 0.0359. The molecule has 1 aromatic carbocycles. The van der Waals surface area contributed by atoms with Gasteiger partial charge in [0.25, 0.3) is 5.56 Å². The van der Waals surface area contributed by atoms with Gasteiger partial charge in [-0.25, -0.2) is 9.78 Å². The van der Waals surface area contributed by atoms with Crippen LogP contribution in [-0.2, 0) is 6.54 Å². The number of nitrogens with one attached hydrogen (secondary N) is 1. The maximum atomic E-state index is 12.6. The van der Waals surface area contributed by atoms with Gasteiger partial charge < -0.3 is 5.11 Å². The molecule has 0 aliphatic heterocycles. The summed E-state index contributed by atoms with van der Waals surface area (Å²) in [5, 5.41) is 14.1. The van der Waals surface area contributed by atoms with E-state index in [0.717, 1.165) is 5.56 Å². The van der Waals surface area contributed by atoms with E-state index in [4.69, 9.17) is 12.2 Å². The highest BCUT2D eigenvalue weighted by atomic mass is 32.1. The van der Waals surface area contributed by atoms with Crippen LogP contribution in [0.4, 0.5) is 0 Å². The highest BCUT2D eigenvalue weighted by Crippen LogP contribution is 2.24. The van der Waals surface area contributed by atoms with Crippen molar-refractivity contribution >= 4 is 29.2 Å². The smallest absolute Gasteiger partial charge is 0.336 e. The third-order valence-corrected chi connectivity index (χ3v) is 4.86. The number of hydrogen-bond acceptors (Lipinski definition) is 5. The summed E-state index contributed by atoms with van der Waals surface area (Å²) in [6.07, 6.45) is 1.78. The Kier molecular flexibility index (Phi) is 4.59. The van der Waals surface area contributed by atoms with Gasteiger partial charge in [0.05, 0.1) is 22.3 Å². The second-order valence-corrected chi connectivity index (χ2v) is 6.94. The molecular formula is C20H17N5O3S. The zero-order chi connectivity index (χ0) is 20.7. The number of aryl methyl sites for hydroxylation is 2. The van der Waals surface area contributed by atoms with Gasteiger partial charge in [-0.3, -0.25) is 19.0 Å². The Bertz CT molecular complexity index is 1380. The highest BCUT2D eigenvalue weighted by molar-refractivity contribution is 7.71. The van der Waals surface area contributed by atoms with E-state index in [1.54, 1.807) is 21.5 Å². The molecule has 0 aliphatic carbocycles. The molecule has 3 heterocycles. The zero-order valence-corrected chi connectivity index (χ0v) is 16.5. The molecule has 8 nitrogen and oxygen atoms in total. The number of rotatable bonds is 4. The number of nitrogens with zero attached hydrogens (tertiary/aromatic N) is 4. The first-order valence-corrected chi connectivity index (χ1v) is 9.34. The first-order chi connectivity index (χ1) is 13.9. The van der Waals surface area contributed by atoms with Crippen LogP contribution in [0.15, 0.2) is 47.4 Å². The first-order valence-electron chi connectivity index (χ1n) is 8.93. The summed E-state index contributed by atoms with van der Waals surface area (Å²) in [5.41, 5.74) is 1.95. The van der Waals surface area contributed by atoms with E-state index in [2.05, 4.69) is 15.1 Å². The van der Waals surface area contributed by atoms with Crippen LogP contribution in [0.5, 0.6) is 0 Å². The van der Waals surface area contributed by atoms with E-state index in [-0.39, 0.29) is 21.4 Å². The number of aromatic amines is 1. The number of benzene rings is 1. The van der Waals surface area contributed by atoms with Crippen molar-refractivity contribution < 1.29 is 9.90 Å². The number of carbonyl (C=O) groups is 1. The van der Waals surface area contributed by atoms with Gasteiger partial charge in [-0.05, 0) is 55.9 Å². The van der Waals surface area contributed by atoms with Crippen molar-refractivity contribution in [1.82, 2.24) is 24.3 Å². The van der Waals surface area contributed by atoms with Crippen molar-refractivity contribution in [2.24, 2.45) is 0 Å². The molecule has 0 unspecified atom stereocenters. The number of carboxylic acid groups (broad SMARTS) is 1. The van der Waals surface area contributed by atoms with E-state index >= 15 is 0 Å².